The maximum atomic E-state index is 4.13. The lowest BCUT2D eigenvalue weighted by Crippen LogP contribution is -1.67. The first-order valence-corrected chi connectivity index (χ1v) is 4.06. The van der Waals surface area contributed by atoms with Crippen LogP contribution >= 0.6 is 11.3 Å². The number of thiazole rings is 1. The van der Waals surface area contributed by atoms with Gasteiger partial charge < -0.3 is 0 Å². The lowest BCUT2D eigenvalue weighted by atomic mass is 10.6. The summed E-state index contributed by atoms with van der Waals surface area (Å²) in [4.78, 5) is 4.13. The molecule has 2 heteroatoms. The van der Waals surface area contributed by atoms with Crippen molar-refractivity contribution in [1.29, 1.82) is 0 Å². The number of hydrogen-bond acceptors (Lipinski definition) is 2. The van der Waals surface area contributed by atoms with Crippen LogP contribution in [0.3, 0.4) is 0 Å². The molecule has 1 heterocycles. The van der Waals surface area contributed by atoms with Crippen LogP contribution in [-0.2, 0) is 0 Å². The Morgan fingerprint density at radius 2 is 1.50 bits per heavy atom. The first-order valence-electron chi connectivity index (χ1n) is 3.18. The highest BCUT2D eigenvalue weighted by molar-refractivity contribution is 7.09. The molecule has 0 unspecified atom stereocenters. The van der Waals surface area contributed by atoms with Gasteiger partial charge in [-0.05, 0) is 13.8 Å². The minimum absolute atomic E-state index is 0. The van der Waals surface area contributed by atoms with Crippen molar-refractivity contribution in [3.8, 4) is 0 Å². The van der Waals surface area contributed by atoms with Crippen molar-refractivity contribution in [2.45, 2.75) is 50.0 Å². The Labute approximate surface area is 82.9 Å². The smallest absolute Gasteiger partial charge is 0.0897 e. The second-order valence-corrected chi connectivity index (χ2v) is 2.57. The Hall–Kier alpha value is -0.370. The van der Waals surface area contributed by atoms with Gasteiger partial charge in [0, 0.05) is 11.1 Å². The third kappa shape index (κ3) is 9.63. The van der Waals surface area contributed by atoms with Crippen molar-refractivity contribution in [2.75, 3.05) is 0 Å². The highest BCUT2D eigenvalue weighted by Crippen LogP contribution is 2.04. The number of hydrogen-bond donors (Lipinski definition) is 0. The molecule has 0 aliphatic rings. The van der Waals surface area contributed by atoms with Crippen LogP contribution in [0, 0.1) is 13.8 Å². The summed E-state index contributed by atoms with van der Waals surface area (Å²) < 4.78 is 0. The number of nitrogens with zero attached hydrogens (tertiary/aromatic N) is 1. The van der Waals surface area contributed by atoms with Crippen LogP contribution in [0.1, 0.15) is 46.8 Å². The number of aryl methyl sites for hydroxylation is 2. The molecule has 0 atom stereocenters. The molecule has 0 fully saturated rings. The van der Waals surface area contributed by atoms with E-state index in [1.54, 1.807) is 11.3 Å². The number of rotatable bonds is 0. The molecule has 1 nitrogen and oxygen atoms in total. The molecule has 1 rings (SSSR count). The van der Waals surface area contributed by atoms with Crippen molar-refractivity contribution in [2.24, 2.45) is 0 Å². The van der Waals surface area contributed by atoms with Gasteiger partial charge in [0.1, 0.15) is 0 Å². The molecule has 0 radical (unpaired) electrons. The first-order chi connectivity index (χ1) is 4.29. The average molecular weight is 191 g/mol. The van der Waals surface area contributed by atoms with E-state index in [1.165, 1.54) is 0 Å². The zero-order chi connectivity index (χ0) is 7.28. The quantitative estimate of drug-likeness (QED) is 0.579. The maximum Gasteiger partial charge on any atom is 0.0897 e. The van der Waals surface area contributed by atoms with E-state index in [2.05, 4.69) is 10.4 Å². The van der Waals surface area contributed by atoms with E-state index in [0.717, 1.165) is 10.7 Å². The lowest BCUT2D eigenvalue weighted by Gasteiger charge is -1.71. The lowest BCUT2D eigenvalue weighted by molar-refractivity contribution is 1.20. The summed E-state index contributed by atoms with van der Waals surface area (Å²) in [5, 5.41) is 3.20. The van der Waals surface area contributed by atoms with Gasteiger partial charge in [-0.1, -0.05) is 36.1 Å². The molecule has 1 aromatic heterocycles. The normalized spacial score (nSPS) is 6.00. The van der Waals surface area contributed by atoms with Crippen molar-refractivity contribution >= 4 is 11.3 Å². The zero-order valence-electron chi connectivity index (χ0n) is 6.43. The van der Waals surface area contributed by atoms with Crippen molar-refractivity contribution in [3.63, 3.8) is 0 Å². The Balaban J connectivity index is -0.0000000600. The molecule has 0 saturated heterocycles. The van der Waals surface area contributed by atoms with E-state index in [0.29, 0.717) is 0 Å². The number of aromatic nitrogens is 1. The fourth-order valence-electron chi connectivity index (χ4n) is 0.472. The molecule has 76 valence electrons. The van der Waals surface area contributed by atoms with Crippen LogP contribution in [0.5, 0.6) is 0 Å². The van der Waals surface area contributed by atoms with E-state index in [-0.39, 0.29) is 22.3 Å². The summed E-state index contributed by atoms with van der Waals surface area (Å²) >= 11 is 1.69. The summed E-state index contributed by atoms with van der Waals surface area (Å²) in [6.07, 6.45) is 0. The minimum Gasteiger partial charge on any atom is -0.247 e. The average Bonchev–Trinajstić information content (AvgIpc) is 2.20. The molecule has 0 N–H and O–H groups in total. The Morgan fingerprint density at radius 1 is 1.08 bits per heavy atom. The predicted molar refractivity (Wildman–Crippen MR) is 63.1 cm³/mol. The fraction of sp³-hybridized carbons (Fsp3) is 0.700. The summed E-state index contributed by atoms with van der Waals surface area (Å²) in [5.41, 5.74) is 1.13. The molecule has 0 bridgehead atoms. The van der Waals surface area contributed by atoms with Crippen molar-refractivity contribution in [1.82, 2.24) is 4.98 Å². The molecule has 1 aromatic rings. The maximum absolute atomic E-state index is 4.13. The molecule has 0 aliphatic heterocycles. The monoisotopic (exact) mass is 191 g/mol. The van der Waals surface area contributed by atoms with Crippen LogP contribution in [0.2, 0.25) is 0 Å². The summed E-state index contributed by atoms with van der Waals surface area (Å²) in [5.74, 6) is 0. The molecular weight excluding hydrogens is 166 g/mol. The highest BCUT2D eigenvalue weighted by Gasteiger charge is 1.85. The van der Waals surface area contributed by atoms with Crippen LogP contribution in [0.15, 0.2) is 5.38 Å². The predicted octanol–water partition coefficient (Wildman–Crippen LogP) is 4.69. The molecule has 0 aliphatic carbocycles. The molecule has 0 spiro atoms. The van der Waals surface area contributed by atoms with E-state index in [1.807, 2.05) is 27.7 Å². The van der Waals surface area contributed by atoms with Gasteiger partial charge in [-0.25, -0.2) is 4.98 Å². The Bertz CT molecular complexity index is 142. The molecule has 0 aromatic carbocycles. The zero-order valence-corrected chi connectivity index (χ0v) is 7.25. The van der Waals surface area contributed by atoms with Gasteiger partial charge in [-0.2, -0.15) is 0 Å². The van der Waals surface area contributed by atoms with E-state index in [4.69, 9.17) is 0 Å². The van der Waals surface area contributed by atoms with Crippen LogP contribution in [0.4, 0.5) is 0 Å². The largest absolute Gasteiger partial charge is 0.247 e. The van der Waals surface area contributed by atoms with E-state index in [9.17, 15) is 0 Å². The van der Waals surface area contributed by atoms with Crippen LogP contribution in [-0.4, -0.2) is 4.98 Å². The van der Waals surface area contributed by atoms with Crippen molar-refractivity contribution in [3.05, 3.63) is 16.1 Å². The molecule has 0 amide bonds. The van der Waals surface area contributed by atoms with Gasteiger partial charge in [0.25, 0.3) is 0 Å². The van der Waals surface area contributed by atoms with E-state index < -0.39 is 0 Å². The van der Waals surface area contributed by atoms with Gasteiger partial charge in [0.05, 0.1) is 5.01 Å². The summed E-state index contributed by atoms with van der Waals surface area (Å²) in [7, 11) is 0. The molecule has 12 heavy (non-hydrogen) atoms. The van der Waals surface area contributed by atoms with Gasteiger partial charge in [0.2, 0.25) is 0 Å². The Kier molecular flexibility index (Phi) is 24.9. The summed E-state index contributed by atoms with van der Waals surface area (Å²) in [6.45, 7) is 8.02. The van der Waals surface area contributed by atoms with E-state index >= 15 is 0 Å². The third-order valence-corrected chi connectivity index (χ3v) is 1.63. The van der Waals surface area contributed by atoms with Crippen LogP contribution in [0.25, 0.3) is 0 Å². The second kappa shape index (κ2) is 13.2. The Morgan fingerprint density at radius 3 is 1.58 bits per heavy atom. The SMILES string of the molecule is C.C.C.CC.Cc1csc(C)n1. The van der Waals surface area contributed by atoms with Gasteiger partial charge in [-0.15, -0.1) is 11.3 Å². The van der Waals surface area contributed by atoms with Crippen molar-refractivity contribution < 1.29 is 0 Å². The van der Waals surface area contributed by atoms with Gasteiger partial charge in [0.15, 0.2) is 0 Å². The minimum atomic E-state index is 0. The third-order valence-electron chi connectivity index (χ3n) is 0.734. The topological polar surface area (TPSA) is 12.9 Å². The molecular formula is C10H25NS. The summed E-state index contributed by atoms with van der Waals surface area (Å²) in [6, 6.07) is 0. The first kappa shape index (κ1) is 22.6. The molecule has 0 saturated carbocycles. The highest BCUT2D eigenvalue weighted by atomic mass is 32.1. The van der Waals surface area contributed by atoms with Gasteiger partial charge >= 0.3 is 0 Å². The standard InChI is InChI=1S/C5H7NS.C2H6.3CH4/c1-4-3-7-5(2)6-4;1-2;;;/h3H,1-2H3;1-2H3;3*1H4. The van der Waals surface area contributed by atoms with Crippen LogP contribution < -0.4 is 0 Å². The van der Waals surface area contributed by atoms with Gasteiger partial charge in [-0.3, -0.25) is 0 Å². The fourth-order valence-corrected chi connectivity index (χ4v) is 1.06. The second-order valence-electron chi connectivity index (χ2n) is 1.51.